The molecule has 2 aliphatic rings. The Hall–Kier alpha value is 0.260. The summed E-state index contributed by atoms with van der Waals surface area (Å²) >= 11 is 1.97. The standard InChI is InChI=1S/C10H19NO2S2/c12-15(13)6-2-4-10(15)7-11-9-3-1-5-14-8-9/h9-11H,1-8H2. The second-order valence-electron chi connectivity index (χ2n) is 4.45. The van der Waals surface area contributed by atoms with Crippen molar-refractivity contribution in [2.75, 3.05) is 23.8 Å². The number of sulfone groups is 1. The van der Waals surface area contributed by atoms with Crippen LogP contribution in [0.3, 0.4) is 0 Å². The zero-order valence-electron chi connectivity index (χ0n) is 8.94. The van der Waals surface area contributed by atoms with Gasteiger partial charge >= 0.3 is 0 Å². The van der Waals surface area contributed by atoms with Crippen molar-refractivity contribution in [3.05, 3.63) is 0 Å². The van der Waals surface area contributed by atoms with Gasteiger partial charge in [0.1, 0.15) is 0 Å². The Morgan fingerprint density at radius 2 is 2.13 bits per heavy atom. The summed E-state index contributed by atoms with van der Waals surface area (Å²) in [6, 6.07) is 0.541. The van der Waals surface area contributed by atoms with Gasteiger partial charge in [0.2, 0.25) is 0 Å². The highest BCUT2D eigenvalue weighted by Gasteiger charge is 2.31. The third kappa shape index (κ3) is 3.11. The van der Waals surface area contributed by atoms with Crippen molar-refractivity contribution in [3.63, 3.8) is 0 Å². The molecule has 0 aromatic carbocycles. The van der Waals surface area contributed by atoms with Crippen molar-refractivity contribution in [2.24, 2.45) is 0 Å². The van der Waals surface area contributed by atoms with Crippen LogP contribution in [-0.4, -0.2) is 43.5 Å². The van der Waals surface area contributed by atoms with Crippen LogP contribution in [0.2, 0.25) is 0 Å². The van der Waals surface area contributed by atoms with Crippen LogP contribution in [0.4, 0.5) is 0 Å². The lowest BCUT2D eigenvalue weighted by Crippen LogP contribution is -2.40. The van der Waals surface area contributed by atoms with Crippen molar-refractivity contribution in [3.8, 4) is 0 Å². The molecule has 0 aromatic rings. The van der Waals surface area contributed by atoms with Crippen LogP contribution in [0.1, 0.15) is 25.7 Å². The molecule has 5 heteroatoms. The summed E-state index contributed by atoms with van der Waals surface area (Å²) < 4.78 is 23.2. The van der Waals surface area contributed by atoms with Crippen LogP contribution in [0.25, 0.3) is 0 Å². The SMILES string of the molecule is O=S1(=O)CCCC1CNC1CCCSC1. The average Bonchev–Trinajstić information content (AvgIpc) is 2.56. The lowest BCUT2D eigenvalue weighted by Gasteiger charge is -2.23. The monoisotopic (exact) mass is 249 g/mol. The minimum atomic E-state index is -2.76. The third-order valence-electron chi connectivity index (χ3n) is 3.26. The van der Waals surface area contributed by atoms with Crippen LogP contribution in [-0.2, 0) is 9.84 Å². The maximum Gasteiger partial charge on any atom is 0.154 e. The Labute approximate surface area is 96.3 Å². The fourth-order valence-corrected chi connectivity index (χ4v) is 5.17. The van der Waals surface area contributed by atoms with Crippen molar-refractivity contribution in [1.82, 2.24) is 5.32 Å². The van der Waals surface area contributed by atoms with E-state index in [2.05, 4.69) is 5.32 Å². The van der Waals surface area contributed by atoms with Gasteiger partial charge in [-0.1, -0.05) is 0 Å². The number of thioether (sulfide) groups is 1. The molecule has 2 rings (SSSR count). The first kappa shape index (κ1) is 11.7. The van der Waals surface area contributed by atoms with E-state index in [1.165, 1.54) is 18.6 Å². The summed E-state index contributed by atoms with van der Waals surface area (Å²) in [7, 11) is -2.76. The number of rotatable bonds is 3. The number of hydrogen-bond acceptors (Lipinski definition) is 4. The highest BCUT2D eigenvalue weighted by molar-refractivity contribution is 7.99. The zero-order chi connectivity index (χ0) is 10.7. The van der Waals surface area contributed by atoms with E-state index in [4.69, 9.17) is 0 Å². The average molecular weight is 249 g/mol. The first-order valence-electron chi connectivity index (χ1n) is 5.71. The molecule has 2 unspecified atom stereocenters. The van der Waals surface area contributed by atoms with Gasteiger partial charge in [-0.05, 0) is 31.4 Å². The summed E-state index contributed by atoms with van der Waals surface area (Å²) in [5, 5.41) is 3.31. The molecule has 2 atom stereocenters. The lowest BCUT2D eigenvalue weighted by molar-refractivity contribution is 0.494. The molecule has 0 bridgehead atoms. The fourth-order valence-electron chi connectivity index (χ4n) is 2.29. The molecule has 0 spiro atoms. The van der Waals surface area contributed by atoms with E-state index in [1.54, 1.807) is 0 Å². The quantitative estimate of drug-likeness (QED) is 0.812. The van der Waals surface area contributed by atoms with Crippen LogP contribution in [0, 0.1) is 0 Å². The first-order valence-corrected chi connectivity index (χ1v) is 8.58. The van der Waals surface area contributed by atoms with Gasteiger partial charge in [-0.2, -0.15) is 11.8 Å². The van der Waals surface area contributed by atoms with Gasteiger partial charge in [-0.15, -0.1) is 0 Å². The van der Waals surface area contributed by atoms with E-state index in [0.29, 0.717) is 18.3 Å². The first-order chi connectivity index (χ1) is 7.18. The molecule has 88 valence electrons. The Kier molecular flexibility index (Phi) is 3.96. The smallest absolute Gasteiger partial charge is 0.154 e. The molecule has 2 aliphatic heterocycles. The molecular formula is C10H19NO2S2. The molecule has 0 saturated carbocycles. The van der Waals surface area contributed by atoms with Gasteiger partial charge < -0.3 is 5.32 Å². The lowest BCUT2D eigenvalue weighted by atomic mass is 10.1. The largest absolute Gasteiger partial charge is 0.312 e. The molecule has 0 amide bonds. The van der Waals surface area contributed by atoms with E-state index in [0.717, 1.165) is 18.6 Å². The third-order valence-corrected chi connectivity index (χ3v) is 6.75. The second kappa shape index (κ2) is 5.06. The van der Waals surface area contributed by atoms with Crippen LogP contribution < -0.4 is 5.32 Å². The summed E-state index contributed by atoms with van der Waals surface area (Å²) in [4.78, 5) is 0. The second-order valence-corrected chi connectivity index (χ2v) is 8.00. The summed E-state index contributed by atoms with van der Waals surface area (Å²) in [5.41, 5.74) is 0. The van der Waals surface area contributed by atoms with Crippen molar-refractivity contribution < 1.29 is 8.42 Å². The fraction of sp³-hybridized carbons (Fsp3) is 1.00. The van der Waals surface area contributed by atoms with Crippen LogP contribution in [0.15, 0.2) is 0 Å². The normalized spacial score (nSPS) is 35.5. The summed E-state index contributed by atoms with van der Waals surface area (Å²) in [6.07, 6.45) is 4.18. The number of nitrogens with one attached hydrogen (secondary N) is 1. The predicted octanol–water partition coefficient (Wildman–Crippen LogP) is 1.05. The molecule has 0 radical (unpaired) electrons. The highest BCUT2D eigenvalue weighted by atomic mass is 32.2. The number of hydrogen-bond donors (Lipinski definition) is 1. The van der Waals surface area contributed by atoms with Crippen molar-refractivity contribution >= 4 is 21.6 Å². The van der Waals surface area contributed by atoms with Crippen molar-refractivity contribution in [2.45, 2.75) is 37.0 Å². The van der Waals surface area contributed by atoms with E-state index in [-0.39, 0.29) is 5.25 Å². The van der Waals surface area contributed by atoms with Gasteiger partial charge in [-0.3, -0.25) is 0 Å². The van der Waals surface area contributed by atoms with Crippen molar-refractivity contribution in [1.29, 1.82) is 0 Å². The highest BCUT2D eigenvalue weighted by Crippen LogP contribution is 2.21. The maximum atomic E-state index is 11.6. The molecular weight excluding hydrogens is 230 g/mol. The Morgan fingerprint density at radius 3 is 2.73 bits per heavy atom. The van der Waals surface area contributed by atoms with E-state index in [9.17, 15) is 8.42 Å². The van der Waals surface area contributed by atoms with Gasteiger partial charge in [0, 0.05) is 18.3 Å². The van der Waals surface area contributed by atoms with E-state index >= 15 is 0 Å². The van der Waals surface area contributed by atoms with Gasteiger partial charge in [0.25, 0.3) is 0 Å². The van der Waals surface area contributed by atoms with E-state index < -0.39 is 9.84 Å². The topological polar surface area (TPSA) is 46.2 Å². The Balaban J connectivity index is 1.77. The Morgan fingerprint density at radius 1 is 1.27 bits per heavy atom. The molecule has 0 aliphatic carbocycles. The molecule has 15 heavy (non-hydrogen) atoms. The molecule has 1 N–H and O–H groups in total. The zero-order valence-corrected chi connectivity index (χ0v) is 10.6. The molecule has 2 fully saturated rings. The van der Waals surface area contributed by atoms with Gasteiger partial charge in [0.05, 0.1) is 11.0 Å². The molecule has 2 heterocycles. The van der Waals surface area contributed by atoms with Crippen LogP contribution >= 0.6 is 11.8 Å². The summed E-state index contributed by atoms with van der Waals surface area (Å²) in [6.45, 7) is 0.674. The maximum absolute atomic E-state index is 11.6. The minimum Gasteiger partial charge on any atom is -0.312 e. The van der Waals surface area contributed by atoms with Gasteiger partial charge in [0.15, 0.2) is 9.84 Å². The van der Waals surface area contributed by atoms with Crippen LogP contribution in [0.5, 0.6) is 0 Å². The van der Waals surface area contributed by atoms with E-state index in [1.807, 2.05) is 11.8 Å². The Bertz CT molecular complexity index is 297. The van der Waals surface area contributed by atoms with Gasteiger partial charge in [-0.25, -0.2) is 8.42 Å². The molecule has 0 aromatic heterocycles. The predicted molar refractivity (Wildman–Crippen MR) is 65.2 cm³/mol. The molecule has 2 saturated heterocycles. The summed E-state index contributed by atoms with van der Waals surface area (Å²) in [5.74, 6) is 2.81. The minimum absolute atomic E-state index is 0.107. The molecule has 3 nitrogen and oxygen atoms in total.